The van der Waals surface area contributed by atoms with Crippen molar-refractivity contribution in [3.63, 3.8) is 0 Å². The smallest absolute Gasteiger partial charge is 0.331 e. The molecule has 0 spiro atoms. The van der Waals surface area contributed by atoms with Gasteiger partial charge in [0.25, 0.3) is 0 Å². The van der Waals surface area contributed by atoms with Crippen LogP contribution in [0.4, 0.5) is 0 Å². The number of esters is 1. The molecule has 0 heterocycles. The lowest BCUT2D eigenvalue weighted by molar-refractivity contribution is -0.138. The van der Waals surface area contributed by atoms with Crippen molar-refractivity contribution < 1.29 is 19.4 Å². The van der Waals surface area contributed by atoms with E-state index in [1.165, 1.54) is 77.0 Å². The number of carbonyl (C=O) groups excluding carboxylic acids is 1. The van der Waals surface area contributed by atoms with E-state index in [-0.39, 0.29) is 0 Å². The standard InChI is InChI=1S/C22H40O4/c1-20(2)16-14-12-10-8-6-4-3-5-7-9-11-13-15-19-26-22(25)18-17-21(23)24/h17-18,20H,3-16,19H2,1-2H3,(H,23,24)/b18-17-. The molecule has 0 fully saturated rings. The molecule has 0 aromatic rings. The summed E-state index contributed by atoms with van der Waals surface area (Å²) in [6.07, 6.45) is 19.9. The predicted octanol–water partition coefficient (Wildman–Crippen LogP) is 6.29. The van der Waals surface area contributed by atoms with Crippen molar-refractivity contribution in [2.24, 2.45) is 5.92 Å². The van der Waals surface area contributed by atoms with Gasteiger partial charge in [0.05, 0.1) is 6.61 Å². The fourth-order valence-corrected chi connectivity index (χ4v) is 2.96. The Morgan fingerprint density at radius 2 is 1.15 bits per heavy atom. The minimum absolute atomic E-state index is 0.375. The highest BCUT2D eigenvalue weighted by Crippen LogP contribution is 2.14. The number of carboxylic acids is 1. The molecule has 0 bridgehead atoms. The first kappa shape index (κ1) is 24.7. The van der Waals surface area contributed by atoms with E-state index in [2.05, 4.69) is 13.8 Å². The number of carboxylic acid groups (broad SMARTS) is 1. The van der Waals surface area contributed by atoms with Crippen LogP contribution in [-0.4, -0.2) is 23.7 Å². The van der Waals surface area contributed by atoms with Crippen LogP contribution in [0.3, 0.4) is 0 Å². The summed E-state index contributed by atoms with van der Waals surface area (Å²) in [6.45, 7) is 4.98. The number of hydrogen-bond acceptors (Lipinski definition) is 3. The Balaban J connectivity index is 3.16. The highest BCUT2D eigenvalue weighted by Gasteiger charge is 1.99. The van der Waals surface area contributed by atoms with Gasteiger partial charge in [-0.05, 0) is 12.3 Å². The third-order valence-electron chi connectivity index (χ3n) is 4.53. The minimum atomic E-state index is -1.14. The molecule has 0 saturated heterocycles. The highest BCUT2D eigenvalue weighted by atomic mass is 16.5. The number of rotatable bonds is 18. The first-order valence-corrected chi connectivity index (χ1v) is 10.6. The molecular weight excluding hydrogens is 328 g/mol. The van der Waals surface area contributed by atoms with Crippen LogP contribution in [0.5, 0.6) is 0 Å². The molecule has 0 aliphatic heterocycles. The molecule has 1 N–H and O–H groups in total. The molecule has 0 unspecified atom stereocenters. The molecule has 4 heteroatoms. The molecule has 0 aromatic carbocycles. The van der Waals surface area contributed by atoms with Gasteiger partial charge in [0.1, 0.15) is 0 Å². The van der Waals surface area contributed by atoms with Crippen LogP contribution in [0.1, 0.15) is 104 Å². The quantitative estimate of drug-likeness (QED) is 0.175. The van der Waals surface area contributed by atoms with Gasteiger partial charge >= 0.3 is 11.9 Å². The van der Waals surface area contributed by atoms with Crippen LogP contribution >= 0.6 is 0 Å². The SMILES string of the molecule is CC(C)CCCCCCCCCCCCCCCOC(=O)/C=C\C(=O)O. The summed E-state index contributed by atoms with van der Waals surface area (Å²) in [6, 6.07) is 0. The zero-order valence-electron chi connectivity index (χ0n) is 17.0. The summed E-state index contributed by atoms with van der Waals surface area (Å²) in [5.74, 6) is -0.859. The van der Waals surface area contributed by atoms with Crippen molar-refractivity contribution in [1.82, 2.24) is 0 Å². The van der Waals surface area contributed by atoms with Gasteiger partial charge in [-0.25, -0.2) is 9.59 Å². The number of hydrogen-bond donors (Lipinski definition) is 1. The molecule has 0 aliphatic rings. The Morgan fingerprint density at radius 3 is 1.58 bits per heavy atom. The maximum atomic E-state index is 11.1. The van der Waals surface area contributed by atoms with E-state index in [1.807, 2.05) is 0 Å². The molecule has 0 atom stereocenters. The summed E-state index contributed by atoms with van der Waals surface area (Å²) in [4.78, 5) is 21.4. The van der Waals surface area contributed by atoms with Crippen molar-refractivity contribution in [3.05, 3.63) is 12.2 Å². The molecule has 0 amide bonds. The summed E-state index contributed by atoms with van der Waals surface area (Å²) in [5.41, 5.74) is 0. The van der Waals surface area contributed by atoms with Gasteiger partial charge in [0, 0.05) is 12.2 Å². The highest BCUT2D eigenvalue weighted by molar-refractivity contribution is 5.90. The lowest BCUT2D eigenvalue weighted by Crippen LogP contribution is -2.03. The number of unbranched alkanes of at least 4 members (excludes halogenated alkanes) is 12. The lowest BCUT2D eigenvalue weighted by Gasteiger charge is -2.05. The van der Waals surface area contributed by atoms with Crippen molar-refractivity contribution in [2.45, 2.75) is 104 Å². The Bertz CT molecular complexity index is 374. The maximum Gasteiger partial charge on any atom is 0.331 e. The van der Waals surface area contributed by atoms with Crippen LogP contribution < -0.4 is 0 Å². The van der Waals surface area contributed by atoms with Crippen molar-refractivity contribution in [2.75, 3.05) is 6.61 Å². The second kappa shape index (κ2) is 18.5. The van der Waals surface area contributed by atoms with Gasteiger partial charge < -0.3 is 9.84 Å². The van der Waals surface area contributed by atoms with E-state index in [0.717, 1.165) is 30.9 Å². The molecular formula is C22H40O4. The van der Waals surface area contributed by atoms with Crippen molar-refractivity contribution in [1.29, 1.82) is 0 Å². The summed E-state index contributed by atoms with van der Waals surface area (Å²) >= 11 is 0. The fourth-order valence-electron chi connectivity index (χ4n) is 2.96. The Morgan fingerprint density at radius 1 is 0.731 bits per heavy atom. The minimum Gasteiger partial charge on any atom is -0.478 e. The third-order valence-corrected chi connectivity index (χ3v) is 4.53. The Hall–Kier alpha value is -1.32. The van der Waals surface area contributed by atoms with Gasteiger partial charge in [0.15, 0.2) is 0 Å². The second-order valence-corrected chi connectivity index (χ2v) is 7.62. The van der Waals surface area contributed by atoms with Gasteiger partial charge in [-0.1, -0.05) is 97.3 Å². The largest absolute Gasteiger partial charge is 0.478 e. The number of aliphatic carboxylic acids is 1. The second-order valence-electron chi connectivity index (χ2n) is 7.62. The Labute approximate surface area is 160 Å². The molecule has 0 radical (unpaired) electrons. The molecule has 0 aromatic heterocycles. The summed E-state index contributed by atoms with van der Waals surface area (Å²) < 4.78 is 4.92. The lowest BCUT2D eigenvalue weighted by atomic mass is 10.0. The van der Waals surface area contributed by atoms with E-state index in [4.69, 9.17) is 9.84 Å². The zero-order chi connectivity index (χ0) is 19.5. The first-order chi connectivity index (χ1) is 12.5. The van der Waals surface area contributed by atoms with Crippen LogP contribution in [0, 0.1) is 5.92 Å². The maximum absolute atomic E-state index is 11.1. The average molecular weight is 369 g/mol. The average Bonchev–Trinajstić information content (AvgIpc) is 2.59. The number of ether oxygens (including phenoxy) is 1. The van der Waals surface area contributed by atoms with Crippen LogP contribution in [-0.2, 0) is 14.3 Å². The molecule has 26 heavy (non-hydrogen) atoms. The van der Waals surface area contributed by atoms with E-state index >= 15 is 0 Å². The topological polar surface area (TPSA) is 63.6 Å². The third kappa shape index (κ3) is 20.7. The van der Waals surface area contributed by atoms with E-state index in [9.17, 15) is 9.59 Å². The summed E-state index contributed by atoms with van der Waals surface area (Å²) in [5, 5.41) is 8.39. The molecule has 0 saturated carbocycles. The van der Waals surface area contributed by atoms with Crippen molar-refractivity contribution in [3.8, 4) is 0 Å². The van der Waals surface area contributed by atoms with E-state index in [1.54, 1.807) is 0 Å². The van der Waals surface area contributed by atoms with Gasteiger partial charge in [0.2, 0.25) is 0 Å². The molecule has 0 rings (SSSR count). The zero-order valence-corrected chi connectivity index (χ0v) is 17.0. The molecule has 152 valence electrons. The van der Waals surface area contributed by atoms with Crippen molar-refractivity contribution >= 4 is 11.9 Å². The van der Waals surface area contributed by atoms with Gasteiger partial charge in [-0.3, -0.25) is 0 Å². The summed E-state index contributed by atoms with van der Waals surface area (Å²) in [7, 11) is 0. The monoisotopic (exact) mass is 368 g/mol. The van der Waals surface area contributed by atoms with Gasteiger partial charge in [-0.15, -0.1) is 0 Å². The fraction of sp³-hybridized carbons (Fsp3) is 0.818. The van der Waals surface area contributed by atoms with Crippen LogP contribution in [0.15, 0.2) is 12.2 Å². The molecule has 0 aliphatic carbocycles. The first-order valence-electron chi connectivity index (χ1n) is 10.6. The van der Waals surface area contributed by atoms with Gasteiger partial charge in [-0.2, -0.15) is 0 Å². The Kier molecular flexibility index (Phi) is 17.5. The van der Waals surface area contributed by atoms with Crippen LogP contribution in [0.25, 0.3) is 0 Å². The van der Waals surface area contributed by atoms with Crippen LogP contribution in [0.2, 0.25) is 0 Å². The predicted molar refractivity (Wildman–Crippen MR) is 107 cm³/mol. The number of carbonyl (C=O) groups is 2. The molecule has 4 nitrogen and oxygen atoms in total. The normalized spacial score (nSPS) is 11.3. The van der Waals surface area contributed by atoms with E-state index < -0.39 is 11.9 Å². The van der Waals surface area contributed by atoms with E-state index in [0.29, 0.717) is 6.61 Å².